The molecule has 0 saturated heterocycles. The molecule has 0 amide bonds. The largest absolute Gasteiger partial charge is 0.137 e. The molecule has 0 aromatic carbocycles. The van der Waals surface area contributed by atoms with Gasteiger partial charge in [0.1, 0.15) is 0 Å². The van der Waals surface area contributed by atoms with Crippen LogP contribution in [-0.4, -0.2) is 17.5 Å². The lowest BCUT2D eigenvalue weighted by molar-refractivity contribution is 0.553. The van der Waals surface area contributed by atoms with Crippen molar-refractivity contribution in [2.24, 2.45) is 11.8 Å². The third kappa shape index (κ3) is 5.34. The van der Waals surface area contributed by atoms with Gasteiger partial charge in [-0.05, 0) is 29.3 Å². The van der Waals surface area contributed by atoms with Crippen molar-refractivity contribution >= 4 is 17.8 Å². The molecular weight excluding hydrogens is 194 g/mol. The van der Waals surface area contributed by atoms with Gasteiger partial charge >= 0.3 is 0 Å². The van der Waals surface area contributed by atoms with Gasteiger partial charge in [0.15, 0.2) is 0 Å². The van der Waals surface area contributed by atoms with Crippen LogP contribution in [-0.2, 0) is 0 Å². The van der Waals surface area contributed by atoms with E-state index in [0.717, 1.165) is 31.7 Å². The van der Waals surface area contributed by atoms with Gasteiger partial charge in [-0.25, -0.2) is 0 Å². The van der Waals surface area contributed by atoms with Gasteiger partial charge in [0.05, 0.1) is 0 Å². The zero-order chi connectivity index (χ0) is 10.4. The smallest absolute Gasteiger partial charge is 0.0231 e. The third-order valence-electron chi connectivity index (χ3n) is 3.06. The van der Waals surface area contributed by atoms with Crippen LogP contribution in [0.15, 0.2) is 0 Å². The van der Waals surface area contributed by atoms with Gasteiger partial charge in [0.25, 0.3) is 0 Å². The first-order valence-electron chi connectivity index (χ1n) is 5.49. The Kier molecular flexibility index (Phi) is 7.67. The molecule has 13 heavy (non-hydrogen) atoms. The maximum atomic E-state index is 2.90. The molecule has 0 nitrogen and oxygen atoms in total. The first kappa shape index (κ1) is 13.9. The van der Waals surface area contributed by atoms with E-state index in [1.54, 1.807) is 0 Å². The van der Waals surface area contributed by atoms with Crippen LogP contribution < -0.4 is 0 Å². The molecule has 80 valence electrons. The van der Waals surface area contributed by atoms with Crippen LogP contribution in [0.3, 0.4) is 0 Å². The molecule has 0 bridgehead atoms. The minimum absolute atomic E-state index is 0.850. The Labute approximate surface area is 88.6 Å². The zero-order valence-corrected chi connectivity index (χ0v) is 12.0. The van der Waals surface area contributed by atoms with Crippen LogP contribution in [0.5, 0.6) is 0 Å². The lowest BCUT2D eigenvalue weighted by Gasteiger charge is -2.26. The summed E-state index contributed by atoms with van der Waals surface area (Å²) in [5.74, 6) is 1.77. The van der Waals surface area contributed by atoms with Crippen molar-refractivity contribution in [1.82, 2.24) is 0 Å². The summed E-state index contributed by atoms with van der Waals surface area (Å²) in [4.78, 5) is 0. The summed E-state index contributed by atoms with van der Waals surface area (Å²) in [6.07, 6.45) is 2.61. The van der Waals surface area contributed by atoms with Gasteiger partial charge in [-0.1, -0.05) is 41.0 Å². The van der Waals surface area contributed by atoms with Crippen LogP contribution in [0.25, 0.3) is 0 Å². The minimum Gasteiger partial charge on any atom is -0.137 e. The second-order valence-corrected chi connectivity index (χ2v) is 7.02. The molecule has 0 aromatic rings. The van der Waals surface area contributed by atoms with Crippen LogP contribution in [0, 0.1) is 11.8 Å². The van der Waals surface area contributed by atoms with Gasteiger partial charge in [-0.3, -0.25) is 0 Å². The van der Waals surface area contributed by atoms with Crippen molar-refractivity contribution in [2.75, 3.05) is 6.16 Å². The van der Waals surface area contributed by atoms with E-state index in [9.17, 15) is 0 Å². The van der Waals surface area contributed by atoms with Gasteiger partial charge in [-0.15, -0.1) is 17.8 Å². The first-order chi connectivity index (χ1) is 6.02. The highest BCUT2D eigenvalue weighted by molar-refractivity contribution is 7.39. The monoisotopic (exact) mass is 220 g/mol. The number of hydrogen-bond acceptors (Lipinski definition) is 0. The van der Waals surface area contributed by atoms with Gasteiger partial charge in [0.2, 0.25) is 0 Å². The summed E-state index contributed by atoms with van der Waals surface area (Å²) in [7, 11) is 4.04. The summed E-state index contributed by atoms with van der Waals surface area (Å²) < 4.78 is 0. The maximum absolute atomic E-state index is 2.90. The van der Waals surface area contributed by atoms with E-state index in [1.807, 2.05) is 0 Å². The molecule has 2 heteroatoms. The van der Waals surface area contributed by atoms with Gasteiger partial charge in [0, 0.05) is 0 Å². The molecule has 0 aromatic heterocycles. The molecule has 0 radical (unpaired) electrons. The Hall–Kier alpha value is 0.860. The van der Waals surface area contributed by atoms with E-state index < -0.39 is 0 Å². The summed E-state index contributed by atoms with van der Waals surface area (Å²) >= 11 is 0. The number of hydrogen-bond donors (Lipinski definition) is 0. The average molecular weight is 220 g/mol. The molecule has 0 saturated carbocycles. The molecule has 0 aliphatic carbocycles. The highest BCUT2D eigenvalue weighted by atomic mass is 31.1. The molecular formula is C11H26P2. The van der Waals surface area contributed by atoms with E-state index in [4.69, 9.17) is 0 Å². The highest BCUT2D eigenvalue weighted by Gasteiger charge is 2.17. The number of rotatable bonds is 6. The van der Waals surface area contributed by atoms with Crippen molar-refractivity contribution in [3.63, 3.8) is 0 Å². The average Bonchev–Trinajstić information content (AvgIpc) is 2.06. The topological polar surface area (TPSA) is 0 Å². The molecule has 0 fully saturated rings. The van der Waals surface area contributed by atoms with E-state index >= 15 is 0 Å². The molecule has 0 aliphatic rings. The summed E-state index contributed by atoms with van der Waals surface area (Å²) in [6.45, 7) is 11.8. The van der Waals surface area contributed by atoms with Crippen molar-refractivity contribution in [1.29, 1.82) is 0 Å². The van der Waals surface area contributed by atoms with Crippen molar-refractivity contribution < 1.29 is 0 Å². The van der Waals surface area contributed by atoms with E-state index in [2.05, 4.69) is 43.9 Å². The molecule has 0 aliphatic heterocycles. The fourth-order valence-electron chi connectivity index (χ4n) is 1.47. The first-order valence-corrected chi connectivity index (χ1v) is 7.46. The molecule has 0 rings (SSSR count). The predicted octanol–water partition coefficient (Wildman–Crippen LogP) is 4.00. The Morgan fingerprint density at radius 1 is 1.08 bits per heavy atom. The SMILES string of the molecule is CCC(CP)C(C)PC(C)C(C)C. The van der Waals surface area contributed by atoms with Crippen LogP contribution in [0.4, 0.5) is 0 Å². The Bertz CT molecular complexity index is 119. The Balaban J connectivity index is 3.89. The summed E-state index contributed by atoms with van der Waals surface area (Å²) in [5.41, 5.74) is 1.82. The van der Waals surface area contributed by atoms with Crippen molar-refractivity contribution in [3.05, 3.63) is 0 Å². The third-order valence-corrected chi connectivity index (χ3v) is 5.86. The van der Waals surface area contributed by atoms with Gasteiger partial charge in [-0.2, -0.15) is 0 Å². The molecule has 0 heterocycles. The fraction of sp³-hybridized carbons (Fsp3) is 1.00. The Morgan fingerprint density at radius 3 is 1.92 bits per heavy atom. The zero-order valence-electron chi connectivity index (χ0n) is 9.80. The molecule has 0 N–H and O–H groups in total. The quantitative estimate of drug-likeness (QED) is 0.593. The van der Waals surface area contributed by atoms with Gasteiger partial charge < -0.3 is 0 Å². The lowest BCUT2D eigenvalue weighted by atomic mass is 10.1. The second-order valence-electron chi connectivity index (χ2n) is 4.39. The molecule has 5 unspecified atom stereocenters. The minimum atomic E-state index is 0.850. The summed E-state index contributed by atoms with van der Waals surface area (Å²) in [6, 6.07) is 0. The normalized spacial score (nSPS) is 19.6. The highest BCUT2D eigenvalue weighted by Crippen LogP contribution is 2.35. The lowest BCUT2D eigenvalue weighted by Crippen LogP contribution is -2.17. The molecule has 0 spiro atoms. The van der Waals surface area contributed by atoms with Crippen LogP contribution in [0.2, 0.25) is 0 Å². The fourth-order valence-corrected chi connectivity index (χ4v) is 4.34. The van der Waals surface area contributed by atoms with Crippen molar-refractivity contribution in [3.8, 4) is 0 Å². The van der Waals surface area contributed by atoms with E-state index in [-0.39, 0.29) is 0 Å². The summed E-state index contributed by atoms with van der Waals surface area (Å²) in [5, 5.41) is 0. The van der Waals surface area contributed by atoms with E-state index in [1.165, 1.54) is 12.6 Å². The van der Waals surface area contributed by atoms with Crippen LogP contribution in [0.1, 0.15) is 41.0 Å². The molecule has 5 atom stereocenters. The maximum Gasteiger partial charge on any atom is -0.0231 e. The van der Waals surface area contributed by atoms with Crippen LogP contribution >= 0.6 is 17.8 Å². The van der Waals surface area contributed by atoms with E-state index in [0.29, 0.717) is 0 Å². The predicted molar refractivity (Wildman–Crippen MR) is 70.4 cm³/mol. The van der Waals surface area contributed by atoms with Crippen molar-refractivity contribution in [2.45, 2.75) is 52.4 Å². The standard InChI is InChI=1S/C11H26P2/c1-6-11(7-12)10(5)13-9(4)8(2)3/h8-11,13H,6-7,12H2,1-5H3. The Morgan fingerprint density at radius 2 is 1.62 bits per heavy atom. The second kappa shape index (κ2) is 7.19.